The first kappa shape index (κ1) is 11.5. The maximum absolute atomic E-state index is 12.7. The van der Waals surface area contributed by atoms with Gasteiger partial charge in [-0.25, -0.2) is 17.5 Å². The SMILES string of the molecule is C[C@H](NS(=O)(=O)c1ccc(F)cc1)C1CC1. The number of sulfonamides is 1. The van der Waals surface area contributed by atoms with E-state index in [0.717, 1.165) is 25.0 Å². The highest BCUT2D eigenvalue weighted by Gasteiger charge is 2.31. The second-order valence-electron chi connectivity index (χ2n) is 4.20. The Morgan fingerprint density at radius 2 is 1.88 bits per heavy atom. The monoisotopic (exact) mass is 243 g/mol. The molecule has 5 heteroatoms. The summed E-state index contributed by atoms with van der Waals surface area (Å²) < 4.78 is 39.0. The zero-order valence-corrected chi connectivity index (χ0v) is 9.80. The lowest BCUT2D eigenvalue weighted by Gasteiger charge is -2.13. The van der Waals surface area contributed by atoms with Crippen molar-refractivity contribution >= 4 is 10.0 Å². The maximum atomic E-state index is 12.7. The number of hydrogen-bond acceptors (Lipinski definition) is 2. The van der Waals surface area contributed by atoms with Crippen LogP contribution in [-0.4, -0.2) is 14.5 Å². The number of rotatable bonds is 4. The van der Waals surface area contributed by atoms with Crippen molar-refractivity contribution in [3.05, 3.63) is 30.1 Å². The molecular weight excluding hydrogens is 229 g/mol. The molecule has 2 rings (SSSR count). The Bertz CT molecular complexity index is 465. The summed E-state index contributed by atoms with van der Waals surface area (Å²) in [5, 5.41) is 0. The molecule has 1 aromatic carbocycles. The van der Waals surface area contributed by atoms with E-state index in [1.54, 1.807) is 0 Å². The lowest BCUT2D eigenvalue weighted by molar-refractivity contribution is 0.538. The average molecular weight is 243 g/mol. The summed E-state index contributed by atoms with van der Waals surface area (Å²) in [6.07, 6.45) is 2.15. The van der Waals surface area contributed by atoms with Gasteiger partial charge in [-0.2, -0.15) is 0 Å². The van der Waals surface area contributed by atoms with Gasteiger partial charge in [-0.05, 0) is 49.9 Å². The molecular formula is C11H14FNO2S. The molecule has 0 radical (unpaired) electrons. The third-order valence-corrected chi connectivity index (χ3v) is 4.37. The molecule has 0 heterocycles. The van der Waals surface area contributed by atoms with Crippen LogP contribution in [0.1, 0.15) is 19.8 Å². The lowest BCUT2D eigenvalue weighted by Crippen LogP contribution is -2.33. The van der Waals surface area contributed by atoms with E-state index in [1.165, 1.54) is 12.1 Å². The van der Waals surface area contributed by atoms with Gasteiger partial charge in [-0.1, -0.05) is 0 Å². The van der Waals surface area contributed by atoms with Crippen molar-refractivity contribution in [1.82, 2.24) is 4.72 Å². The number of halogens is 1. The first-order valence-electron chi connectivity index (χ1n) is 5.27. The molecule has 0 bridgehead atoms. The third-order valence-electron chi connectivity index (χ3n) is 2.79. The van der Waals surface area contributed by atoms with Crippen molar-refractivity contribution in [3.63, 3.8) is 0 Å². The van der Waals surface area contributed by atoms with Gasteiger partial charge < -0.3 is 0 Å². The summed E-state index contributed by atoms with van der Waals surface area (Å²) in [5.74, 6) is 0.0180. The van der Waals surface area contributed by atoms with Gasteiger partial charge in [-0.15, -0.1) is 0 Å². The Kier molecular flexibility index (Phi) is 2.99. The van der Waals surface area contributed by atoms with Crippen molar-refractivity contribution < 1.29 is 12.8 Å². The van der Waals surface area contributed by atoms with Gasteiger partial charge in [0.2, 0.25) is 10.0 Å². The van der Waals surface area contributed by atoms with Crippen molar-refractivity contribution in [2.75, 3.05) is 0 Å². The molecule has 1 atom stereocenters. The normalized spacial score (nSPS) is 18.4. The molecule has 88 valence electrons. The zero-order chi connectivity index (χ0) is 11.8. The Morgan fingerprint density at radius 1 is 1.31 bits per heavy atom. The summed E-state index contributed by atoms with van der Waals surface area (Å²) in [6.45, 7) is 1.86. The zero-order valence-electron chi connectivity index (χ0n) is 8.98. The van der Waals surface area contributed by atoms with Crippen molar-refractivity contribution in [3.8, 4) is 0 Å². The van der Waals surface area contributed by atoms with Crippen LogP contribution < -0.4 is 4.72 Å². The fourth-order valence-corrected chi connectivity index (χ4v) is 2.93. The lowest BCUT2D eigenvalue weighted by atomic mass is 10.2. The molecule has 1 fully saturated rings. The Hall–Kier alpha value is -0.940. The van der Waals surface area contributed by atoms with Gasteiger partial charge in [0.1, 0.15) is 5.82 Å². The van der Waals surface area contributed by atoms with Crippen LogP contribution in [0.2, 0.25) is 0 Å². The van der Waals surface area contributed by atoms with Gasteiger partial charge in [-0.3, -0.25) is 0 Å². The third kappa shape index (κ3) is 2.59. The van der Waals surface area contributed by atoms with Gasteiger partial charge in [0.25, 0.3) is 0 Å². The van der Waals surface area contributed by atoms with E-state index in [9.17, 15) is 12.8 Å². The van der Waals surface area contributed by atoms with E-state index in [2.05, 4.69) is 4.72 Å². The summed E-state index contributed by atoms with van der Waals surface area (Å²) in [6, 6.07) is 4.80. The van der Waals surface area contributed by atoms with Crippen LogP contribution in [0.25, 0.3) is 0 Å². The average Bonchev–Trinajstić information content (AvgIpc) is 3.00. The quantitative estimate of drug-likeness (QED) is 0.878. The molecule has 0 unspecified atom stereocenters. The number of benzene rings is 1. The summed E-state index contributed by atoms with van der Waals surface area (Å²) >= 11 is 0. The first-order chi connectivity index (χ1) is 7.49. The minimum atomic E-state index is -3.50. The molecule has 1 aromatic rings. The minimum Gasteiger partial charge on any atom is -0.208 e. The highest BCUT2D eigenvalue weighted by atomic mass is 32.2. The smallest absolute Gasteiger partial charge is 0.208 e. The predicted molar refractivity (Wildman–Crippen MR) is 58.9 cm³/mol. The standard InChI is InChI=1S/C11H14FNO2S/c1-8(9-2-3-9)13-16(14,15)11-6-4-10(12)5-7-11/h4-9,13H,2-3H2,1H3/t8-/m0/s1. The van der Waals surface area contributed by atoms with Crippen LogP contribution in [0, 0.1) is 11.7 Å². The molecule has 1 aliphatic rings. The topological polar surface area (TPSA) is 46.2 Å². The highest BCUT2D eigenvalue weighted by Crippen LogP contribution is 2.32. The molecule has 0 spiro atoms. The Balaban J connectivity index is 2.14. The van der Waals surface area contributed by atoms with E-state index in [0.29, 0.717) is 5.92 Å². The van der Waals surface area contributed by atoms with E-state index >= 15 is 0 Å². The molecule has 3 nitrogen and oxygen atoms in total. The Morgan fingerprint density at radius 3 is 2.38 bits per heavy atom. The van der Waals surface area contributed by atoms with Crippen LogP contribution in [0.5, 0.6) is 0 Å². The van der Waals surface area contributed by atoms with Crippen molar-refractivity contribution in [2.45, 2.75) is 30.7 Å². The molecule has 0 aromatic heterocycles. The second kappa shape index (κ2) is 4.14. The maximum Gasteiger partial charge on any atom is 0.240 e. The number of nitrogens with one attached hydrogen (secondary N) is 1. The predicted octanol–water partition coefficient (Wildman–Crippen LogP) is 1.90. The van der Waals surface area contributed by atoms with Crippen LogP contribution in [0.15, 0.2) is 29.2 Å². The number of hydrogen-bond donors (Lipinski definition) is 1. The van der Waals surface area contributed by atoms with Gasteiger partial charge in [0, 0.05) is 6.04 Å². The van der Waals surface area contributed by atoms with E-state index < -0.39 is 15.8 Å². The molecule has 1 saturated carbocycles. The van der Waals surface area contributed by atoms with Crippen LogP contribution >= 0.6 is 0 Å². The molecule has 0 aliphatic heterocycles. The fourth-order valence-electron chi connectivity index (χ4n) is 1.62. The van der Waals surface area contributed by atoms with E-state index in [-0.39, 0.29) is 10.9 Å². The van der Waals surface area contributed by atoms with Crippen molar-refractivity contribution in [1.29, 1.82) is 0 Å². The largest absolute Gasteiger partial charge is 0.240 e. The fraction of sp³-hybridized carbons (Fsp3) is 0.455. The summed E-state index contributed by atoms with van der Waals surface area (Å²) in [7, 11) is -3.50. The van der Waals surface area contributed by atoms with Crippen LogP contribution in [0.3, 0.4) is 0 Å². The van der Waals surface area contributed by atoms with E-state index in [1.807, 2.05) is 6.92 Å². The Labute approximate surface area is 94.7 Å². The second-order valence-corrected chi connectivity index (χ2v) is 5.92. The van der Waals surface area contributed by atoms with Crippen LogP contribution in [0.4, 0.5) is 4.39 Å². The molecule has 1 N–H and O–H groups in total. The highest BCUT2D eigenvalue weighted by molar-refractivity contribution is 7.89. The summed E-state index contributed by atoms with van der Waals surface area (Å²) in [4.78, 5) is 0.112. The van der Waals surface area contributed by atoms with Crippen LogP contribution in [-0.2, 0) is 10.0 Å². The van der Waals surface area contributed by atoms with E-state index in [4.69, 9.17) is 0 Å². The first-order valence-corrected chi connectivity index (χ1v) is 6.75. The molecule has 0 amide bonds. The van der Waals surface area contributed by atoms with Crippen molar-refractivity contribution in [2.24, 2.45) is 5.92 Å². The molecule has 16 heavy (non-hydrogen) atoms. The molecule has 1 aliphatic carbocycles. The van der Waals surface area contributed by atoms with Gasteiger partial charge >= 0.3 is 0 Å². The molecule has 0 saturated heterocycles. The summed E-state index contributed by atoms with van der Waals surface area (Å²) in [5.41, 5.74) is 0. The van der Waals surface area contributed by atoms with Gasteiger partial charge in [0.05, 0.1) is 4.90 Å². The minimum absolute atomic E-state index is 0.0462. The van der Waals surface area contributed by atoms with Gasteiger partial charge in [0.15, 0.2) is 0 Å².